The van der Waals surface area contributed by atoms with Crippen LogP contribution in [0.2, 0.25) is 0 Å². The van der Waals surface area contributed by atoms with Gasteiger partial charge in [0.05, 0.1) is 0 Å². The van der Waals surface area contributed by atoms with Crippen molar-refractivity contribution in [1.82, 2.24) is 0 Å². The van der Waals surface area contributed by atoms with Crippen LogP contribution in [0, 0.1) is 0 Å². The molecule has 0 aliphatic heterocycles. The summed E-state index contributed by atoms with van der Waals surface area (Å²) in [5.41, 5.74) is 0. The van der Waals surface area contributed by atoms with Crippen LogP contribution < -0.4 is 0 Å². The lowest BCUT2D eigenvalue weighted by molar-refractivity contribution is -0.167. The van der Waals surface area contributed by atoms with E-state index in [1.54, 1.807) is 0 Å². The molecule has 0 fully saturated rings. The van der Waals surface area contributed by atoms with E-state index in [1.807, 2.05) is 0 Å². The summed E-state index contributed by atoms with van der Waals surface area (Å²) in [5, 5.41) is 0. The summed E-state index contributed by atoms with van der Waals surface area (Å²) < 4.78 is 16.7. The van der Waals surface area contributed by atoms with E-state index in [-0.39, 0.29) is 31.1 Å². The predicted octanol–water partition coefficient (Wildman–Crippen LogP) is 17.2. The first-order chi connectivity index (χ1) is 29.5. The molecule has 0 radical (unpaired) electrons. The van der Waals surface area contributed by atoms with Crippen molar-refractivity contribution in [3.63, 3.8) is 0 Å². The molecule has 0 aliphatic rings. The van der Waals surface area contributed by atoms with Crippen LogP contribution in [0.3, 0.4) is 0 Å². The summed E-state index contributed by atoms with van der Waals surface area (Å²) in [6, 6.07) is 0. The van der Waals surface area contributed by atoms with Gasteiger partial charge in [-0.1, -0.05) is 244 Å². The molecule has 1 unspecified atom stereocenters. The minimum atomic E-state index is -0.770. The number of hydrogen-bond donors (Lipinski definition) is 0. The van der Waals surface area contributed by atoms with E-state index < -0.39 is 6.10 Å². The second kappa shape index (κ2) is 49.5. The molecule has 0 aromatic rings. The third-order valence-electron chi connectivity index (χ3n) is 11.7. The van der Waals surface area contributed by atoms with E-state index in [9.17, 15) is 14.4 Å². The van der Waals surface area contributed by atoms with Crippen LogP contribution in [0.4, 0.5) is 0 Å². The Morgan fingerprint density at radius 2 is 0.633 bits per heavy atom. The molecule has 0 saturated heterocycles. The monoisotopic (exact) mass is 845 g/mol. The zero-order valence-electron chi connectivity index (χ0n) is 40.2. The lowest BCUT2D eigenvalue weighted by atomic mass is 10.0. The Balaban J connectivity index is 4.08. The SMILES string of the molecule is CCC/C=C\C/C=C\CCCCCCCC(=O)OC(COC(=O)CCCCCCCC)COC(=O)CCCCCCCCCCCCCCCCCCCCCCCCC. The van der Waals surface area contributed by atoms with Crippen molar-refractivity contribution in [1.29, 1.82) is 0 Å². The number of rotatable bonds is 48. The topological polar surface area (TPSA) is 78.9 Å². The Kier molecular flexibility index (Phi) is 47.8. The summed E-state index contributed by atoms with van der Waals surface area (Å²) in [6.07, 6.45) is 56.3. The molecule has 0 aromatic heterocycles. The average molecular weight is 845 g/mol. The van der Waals surface area contributed by atoms with Crippen LogP contribution in [0.5, 0.6) is 0 Å². The van der Waals surface area contributed by atoms with E-state index in [4.69, 9.17) is 14.2 Å². The maximum Gasteiger partial charge on any atom is 0.306 e. The molecule has 0 aromatic carbocycles. The van der Waals surface area contributed by atoms with Gasteiger partial charge in [0, 0.05) is 19.3 Å². The van der Waals surface area contributed by atoms with Crippen LogP contribution >= 0.6 is 0 Å². The highest BCUT2D eigenvalue weighted by molar-refractivity contribution is 5.71. The fourth-order valence-corrected chi connectivity index (χ4v) is 7.72. The van der Waals surface area contributed by atoms with Crippen molar-refractivity contribution in [2.75, 3.05) is 13.2 Å². The van der Waals surface area contributed by atoms with Gasteiger partial charge in [-0.05, 0) is 44.9 Å². The van der Waals surface area contributed by atoms with Crippen LogP contribution in [0.15, 0.2) is 24.3 Å². The molecule has 6 heteroatoms. The molecule has 0 saturated carbocycles. The molecule has 6 nitrogen and oxygen atoms in total. The number of carbonyl (C=O) groups is 3. The molecule has 0 heterocycles. The van der Waals surface area contributed by atoms with E-state index in [0.717, 1.165) is 89.9 Å². The fourth-order valence-electron chi connectivity index (χ4n) is 7.72. The van der Waals surface area contributed by atoms with Crippen LogP contribution in [-0.2, 0) is 28.6 Å². The molecule has 60 heavy (non-hydrogen) atoms. The van der Waals surface area contributed by atoms with Crippen LogP contribution in [-0.4, -0.2) is 37.2 Å². The smallest absolute Gasteiger partial charge is 0.306 e. The Labute approximate surface area is 373 Å². The molecule has 1 atom stereocenters. The van der Waals surface area contributed by atoms with Crippen molar-refractivity contribution < 1.29 is 28.6 Å². The first-order valence-electron chi connectivity index (χ1n) is 26.3. The summed E-state index contributed by atoms with van der Waals surface area (Å²) in [4.78, 5) is 37.7. The number of esters is 3. The van der Waals surface area contributed by atoms with Gasteiger partial charge in [-0.2, -0.15) is 0 Å². The standard InChI is InChI=1S/C54H100O6/c1-4-7-10-13-16-18-20-22-23-24-25-26-27-28-29-30-31-33-34-36-38-41-44-47-53(56)59-50-51(49-58-52(55)46-43-40-15-12-9-6-3)60-54(57)48-45-42-39-37-35-32-21-19-17-14-11-8-5-2/h11,14,19,21,51H,4-10,12-13,15-18,20,22-50H2,1-3H3/b14-11-,21-19-. The maximum atomic E-state index is 12.7. The van der Waals surface area contributed by atoms with Crippen molar-refractivity contribution in [3.05, 3.63) is 24.3 Å². The first kappa shape index (κ1) is 57.9. The second-order valence-corrected chi connectivity index (χ2v) is 17.8. The minimum Gasteiger partial charge on any atom is -0.462 e. The number of carbonyl (C=O) groups excluding carboxylic acids is 3. The third kappa shape index (κ3) is 46.9. The van der Waals surface area contributed by atoms with Gasteiger partial charge >= 0.3 is 17.9 Å². The molecule has 0 spiro atoms. The largest absolute Gasteiger partial charge is 0.462 e. The van der Waals surface area contributed by atoms with Gasteiger partial charge in [0.1, 0.15) is 13.2 Å². The number of unbranched alkanes of at least 4 members (excludes halogenated alkanes) is 33. The highest BCUT2D eigenvalue weighted by Crippen LogP contribution is 2.17. The average Bonchev–Trinajstić information content (AvgIpc) is 3.24. The molecule has 0 bridgehead atoms. The zero-order valence-corrected chi connectivity index (χ0v) is 40.2. The van der Waals surface area contributed by atoms with Crippen molar-refractivity contribution in [3.8, 4) is 0 Å². The Hall–Kier alpha value is -2.11. The zero-order chi connectivity index (χ0) is 43.7. The van der Waals surface area contributed by atoms with Gasteiger partial charge in [0.2, 0.25) is 0 Å². The lowest BCUT2D eigenvalue weighted by Crippen LogP contribution is -2.30. The normalized spacial score (nSPS) is 12.1. The number of hydrogen-bond acceptors (Lipinski definition) is 6. The van der Waals surface area contributed by atoms with Crippen LogP contribution in [0.25, 0.3) is 0 Å². The van der Waals surface area contributed by atoms with Gasteiger partial charge in [-0.15, -0.1) is 0 Å². The fraction of sp³-hybridized carbons (Fsp3) is 0.870. The van der Waals surface area contributed by atoms with Crippen molar-refractivity contribution in [2.45, 2.75) is 290 Å². The maximum absolute atomic E-state index is 12.7. The summed E-state index contributed by atoms with van der Waals surface area (Å²) in [5.74, 6) is -0.886. The van der Waals surface area contributed by atoms with Crippen molar-refractivity contribution >= 4 is 17.9 Å². The Morgan fingerprint density at radius 1 is 0.333 bits per heavy atom. The summed E-state index contributed by atoms with van der Waals surface area (Å²) >= 11 is 0. The summed E-state index contributed by atoms with van der Waals surface area (Å²) in [6.45, 7) is 6.53. The van der Waals surface area contributed by atoms with Gasteiger partial charge in [-0.3, -0.25) is 14.4 Å². The van der Waals surface area contributed by atoms with Crippen molar-refractivity contribution in [2.24, 2.45) is 0 Å². The Morgan fingerprint density at radius 3 is 0.983 bits per heavy atom. The second-order valence-electron chi connectivity index (χ2n) is 17.8. The number of ether oxygens (including phenoxy) is 3. The highest BCUT2D eigenvalue weighted by atomic mass is 16.6. The first-order valence-corrected chi connectivity index (χ1v) is 26.3. The molecular formula is C54H100O6. The predicted molar refractivity (Wildman–Crippen MR) is 256 cm³/mol. The van der Waals surface area contributed by atoms with Gasteiger partial charge < -0.3 is 14.2 Å². The van der Waals surface area contributed by atoms with E-state index in [0.29, 0.717) is 19.3 Å². The Bertz CT molecular complexity index is 973. The minimum absolute atomic E-state index is 0.0733. The molecular weight excluding hydrogens is 745 g/mol. The van der Waals surface area contributed by atoms with Gasteiger partial charge in [-0.25, -0.2) is 0 Å². The van der Waals surface area contributed by atoms with E-state index in [2.05, 4.69) is 45.1 Å². The molecule has 0 amide bonds. The highest BCUT2D eigenvalue weighted by Gasteiger charge is 2.19. The number of allylic oxidation sites excluding steroid dienone is 4. The van der Waals surface area contributed by atoms with Gasteiger partial charge in [0.25, 0.3) is 0 Å². The quantitative estimate of drug-likeness (QED) is 0.0263. The molecule has 0 rings (SSSR count). The third-order valence-corrected chi connectivity index (χ3v) is 11.7. The van der Waals surface area contributed by atoms with E-state index in [1.165, 1.54) is 154 Å². The lowest BCUT2D eigenvalue weighted by Gasteiger charge is -2.18. The molecule has 0 aliphatic carbocycles. The molecule has 0 N–H and O–H groups in total. The van der Waals surface area contributed by atoms with Crippen LogP contribution in [0.1, 0.15) is 284 Å². The molecule has 352 valence electrons. The van der Waals surface area contributed by atoms with E-state index >= 15 is 0 Å². The van der Waals surface area contributed by atoms with Gasteiger partial charge in [0.15, 0.2) is 6.10 Å². The summed E-state index contributed by atoms with van der Waals surface area (Å²) in [7, 11) is 0.